The van der Waals surface area contributed by atoms with Crippen molar-refractivity contribution in [2.75, 3.05) is 10.5 Å². The van der Waals surface area contributed by atoms with E-state index in [4.69, 9.17) is 5.11 Å². The van der Waals surface area contributed by atoms with E-state index in [1.165, 1.54) is 6.08 Å². The highest BCUT2D eigenvalue weighted by atomic mass is 32.2. The number of carbonyl (C=O) groups is 1. The molecule has 1 rings (SSSR count). The van der Waals surface area contributed by atoms with E-state index in [2.05, 4.69) is 4.72 Å². The van der Waals surface area contributed by atoms with Crippen molar-refractivity contribution in [2.24, 2.45) is 0 Å². The summed E-state index contributed by atoms with van der Waals surface area (Å²) in [4.78, 5) is 10.4. The summed E-state index contributed by atoms with van der Waals surface area (Å²) in [5.74, 6) is -0.946. The Morgan fingerprint density at radius 3 is 2.63 bits per heavy atom. The van der Waals surface area contributed by atoms with E-state index in [1.807, 2.05) is 0 Å². The first-order valence-electron chi connectivity index (χ1n) is 5.86. The standard InChI is InChI=1S/C13H17NO4S/c1-3-8-19(17,18)14-12-6-4-11(9-10(12)2)5-7-13(15)16/h4-7,9,14H,3,8H2,1-2H3,(H,15,16). The first kappa shape index (κ1) is 15.2. The van der Waals surface area contributed by atoms with E-state index < -0.39 is 16.0 Å². The number of rotatable bonds is 6. The number of benzene rings is 1. The molecule has 0 spiro atoms. The summed E-state index contributed by atoms with van der Waals surface area (Å²) >= 11 is 0. The van der Waals surface area contributed by atoms with Crippen LogP contribution in [-0.2, 0) is 14.8 Å². The largest absolute Gasteiger partial charge is 0.478 e. The van der Waals surface area contributed by atoms with E-state index in [0.717, 1.165) is 11.6 Å². The van der Waals surface area contributed by atoms with Crippen LogP contribution in [0.15, 0.2) is 24.3 Å². The third-order valence-electron chi connectivity index (χ3n) is 2.41. The first-order valence-corrected chi connectivity index (χ1v) is 7.51. The SMILES string of the molecule is CCCS(=O)(=O)Nc1ccc(C=CC(=O)O)cc1C. The molecule has 6 heteroatoms. The minimum absolute atomic E-state index is 0.0765. The second kappa shape index (κ2) is 6.38. The molecule has 0 bridgehead atoms. The van der Waals surface area contributed by atoms with Gasteiger partial charge in [0.15, 0.2) is 0 Å². The van der Waals surface area contributed by atoms with E-state index in [9.17, 15) is 13.2 Å². The summed E-state index contributed by atoms with van der Waals surface area (Å²) in [5.41, 5.74) is 1.96. The van der Waals surface area contributed by atoms with Gasteiger partial charge in [0.2, 0.25) is 10.0 Å². The summed E-state index contributed by atoms with van der Waals surface area (Å²) in [5, 5.41) is 8.53. The van der Waals surface area contributed by atoms with Gasteiger partial charge < -0.3 is 5.11 Å². The van der Waals surface area contributed by atoms with Gasteiger partial charge in [0, 0.05) is 6.08 Å². The fourth-order valence-corrected chi connectivity index (χ4v) is 2.76. The summed E-state index contributed by atoms with van der Waals surface area (Å²) in [6, 6.07) is 5.02. The van der Waals surface area contributed by atoms with E-state index in [1.54, 1.807) is 32.0 Å². The number of sulfonamides is 1. The molecular weight excluding hydrogens is 266 g/mol. The van der Waals surface area contributed by atoms with Crippen LogP contribution in [0.4, 0.5) is 5.69 Å². The third kappa shape index (κ3) is 5.13. The number of hydrogen-bond donors (Lipinski definition) is 2. The van der Waals surface area contributed by atoms with Gasteiger partial charge in [-0.1, -0.05) is 13.0 Å². The van der Waals surface area contributed by atoms with E-state index in [-0.39, 0.29) is 5.75 Å². The molecule has 1 aromatic rings. The van der Waals surface area contributed by atoms with Crippen LogP contribution in [0.3, 0.4) is 0 Å². The summed E-state index contributed by atoms with van der Waals surface area (Å²) in [7, 11) is -3.31. The minimum atomic E-state index is -3.31. The molecule has 0 fully saturated rings. The maximum absolute atomic E-state index is 11.6. The van der Waals surface area contributed by atoms with Gasteiger partial charge in [0.05, 0.1) is 11.4 Å². The zero-order valence-electron chi connectivity index (χ0n) is 10.9. The molecule has 104 valence electrons. The molecule has 19 heavy (non-hydrogen) atoms. The van der Waals surface area contributed by atoms with Gasteiger partial charge in [-0.25, -0.2) is 13.2 Å². The molecule has 0 aliphatic heterocycles. The van der Waals surface area contributed by atoms with Crippen LogP contribution >= 0.6 is 0 Å². The van der Waals surface area contributed by atoms with Gasteiger partial charge in [0.1, 0.15) is 0 Å². The fourth-order valence-electron chi connectivity index (χ4n) is 1.56. The highest BCUT2D eigenvalue weighted by Crippen LogP contribution is 2.19. The maximum atomic E-state index is 11.6. The van der Waals surface area contributed by atoms with Gasteiger partial charge in [-0.2, -0.15) is 0 Å². The summed E-state index contributed by atoms with van der Waals surface area (Å²) < 4.78 is 25.8. The molecule has 0 saturated carbocycles. The molecular formula is C13H17NO4S. The lowest BCUT2D eigenvalue weighted by Gasteiger charge is -2.10. The van der Waals surface area contributed by atoms with Gasteiger partial charge in [-0.05, 0) is 42.7 Å². The molecule has 2 N–H and O–H groups in total. The topological polar surface area (TPSA) is 83.5 Å². The lowest BCUT2D eigenvalue weighted by atomic mass is 10.1. The highest BCUT2D eigenvalue weighted by molar-refractivity contribution is 7.92. The molecule has 0 saturated heterocycles. The molecule has 0 aliphatic rings. The number of hydrogen-bond acceptors (Lipinski definition) is 3. The van der Waals surface area contributed by atoms with Gasteiger partial charge in [-0.3, -0.25) is 4.72 Å². The average molecular weight is 283 g/mol. The molecule has 0 unspecified atom stereocenters. The average Bonchev–Trinajstić information content (AvgIpc) is 2.29. The third-order valence-corrected chi connectivity index (χ3v) is 3.88. The minimum Gasteiger partial charge on any atom is -0.478 e. The fraction of sp³-hybridized carbons (Fsp3) is 0.308. The maximum Gasteiger partial charge on any atom is 0.328 e. The van der Waals surface area contributed by atoms with E-state index >= 15 is 0 Å². The van der Waals surface area contributed by atoms with Crippen molar-refractivity contribution in [1.82, 2.24) is 0 Å². The molecule has 0 heterocycles. The molecule has 0 atom stereocenters. The molecule has 0 radical (unpaired) electrons. The first-order chi connectivity index (χ1) is 8.84. The Balaban J connectivity index is 2.92. The Labute approximate surface area is 113 Å². The zero-order chi connectivity index (χ0) is 14.5. The molecule has 0 aliphatic carbocycles. The predicted octanol–water partition coefficient (Wildman–Crippen LogP) is 2.24. The van der Waals surface area contributed by atoms with Crippen molar-refractivity contribution in [3.05, 3.63) is 35.4 Å². The number of aliphatic carboxylic acids is 1. The Hall–Kier alpha value is -1.82. The summed E-state index contributed by atoms with van der Waals surface area (Å²) in [6.45, 7) is 3.56. The predicted molar refractivity (Wildman–Crippen MR) is 75.5 cm³/mol. The molecule has 0 aromatic heterocycles. The second-order valence-electron chi connectivity index (χ2n) is 4.17. The number of anilines is 1. The van der Waals surface area contributed by atoms with Crippen molar-refractivity contribution in [1.29, 1.82) is 0 Å². The number of carboxylic acid groups (broad SMARTS) is 1. The monoisotopic (exact) mass is 283 g/mol. The van der Waals surface area contributed by atoms with Crippen LogP contribution in [0, 0.1) is 6.92 Å². The number of aryl methyl sites for hydroxylation is 1. The quantitative estimate of drug-likeness (QED) is 0.784. The normalized spacial score (nSPS) is 11.7. The number of nitrogens with one attached hydrogen (secondary N) is 1. The lowest BCUT2D eigenvalue weighted by molar-refractivity contribution is -0.131. The summed E-state index contributed by atoms with van der Waals surface area (Å²) in [6.07, 6.45) is 3.04. The zero-order valence-corrected chi connectivity index (χ0v) is 11.7. The van der Waals surface area contributed by atoms with Crippen molar-refractivity contribution in [3.8, 4) is 0 Å². The van der Waals surface area contributed by atoms with Crippen molar-refractivity contribution < 1.29 is 18.3 Å². The second-order valence-corrected chi connectivity index (χ2v) is 6.01. The smallest absolute Gasteiger partial charge is 0.328 e. The van der Waals surface area contributed by atoms with Crippen molar-refractivity contribution >= 4 is 27.8 Å². The Bertz CT molecular complexity index is 591. The van der Waals surface area contributed by atoms with Crippen LogP contribution in [0.1, 0.15) is 24.5 Å². The van der Waals surface area contributed by atoms with Gasteiger partial charge in [0.25, 0.3) is 0 Å². The number of carboxylic acids is 1. The molecule has 0 amide bonds. The van der Waals surface area contributed by atoms with Crippen LogP contribution in [0.5, 0.6) is 0 Å². The Morgan fingerprint density at radius 2 is 2.11 bits per heavy atom. The van der Waals surface area contributed by atoms with Gasteiger partial charge >= 0.3 is 5.97 Å². The Morgan fingerprint density at radius 1 is 1.42 bits per heavy atom. The van der Waals surface area contributed by atoms with E-state index in [0.29, 0.717) is 17.7 Å². The van der Waals surface area contributed by atoms with Gasteiger partial charge in [-0.15, -0.1) is 0 Å². The van der Waals surface area contributed by atoms with Crippen LogP contribution < -0.4 is 4.72 Å². The molecule has 1 aromatic carbocycles. The van der Waals surface area contributed by atoms with Crippen molar-refractivity contribution in [2.45, 2.75) is 20.3 Å². The highest BCUT2D eigenvalue weighted by Gasteiger charge is 2.10. The van der Waals surface area contributed by atoms with Crippen LogP contribution in [0.2, 0.25) is 0 Å². The lowest BCUT2D eigenvalue weighted by Crippen LogP contribution is -2.16. The molecule has 5 nitrogen and oxygen atoms in total. The van der Waals surface area contributed by atoms with Crippen LogP contribution in [0.25, 0.3) is 6.08 Å². The van der Waals surface area contributed by atoms with Crippen LogP contribution in [-0.4, -0.2) is 25.2 Å². The van der Waals surface area contributed by atoms with Crippen molar-refractivity contribution in [3.63, 3.8) is 0 Å². The Kier molecular flexibility index (Phi) is 5.11.